The fourth-order valence-corrected chi connectivity index (χ4v) is 2.26. The number of rotatable bonds is 1. The van der Waals surface area contributed by atoms with Crippen molar-refractivity contribution in [1.29, 1.82) is 0 Å². The summed E-state index contributed by atoms with van der Waals surface area (Å²) in [7, 11) is 0. The first-order chi connectivity index (χ1) is 9.16. The topological polar surface area (TPSA) is 55.1 Å². The number of aromatic nitrogens is 2. The van der Waals surface area contributed by atoms with Crippen LogP contribution in [0.2, 0.25) is 5.15 Å². The van der Waals surface area contributed by atoms with Gasteiger partial charge in [0.15, 0.2) is 0 Å². The highest BCUT2D eigenvalue weighted by atomic mass is 35.5. The van der Waals surface area contributed by atoms with Crippen LogP contribution in [0, 0.1) is 0 Å². The molecule has 5 heteroatoms. The van der Waals surface area contributed by atoms with Crippen LogP contribution in [0.1, 0.15) is 0 Å². The van der Waals surface area contributed by atoms with Crippen molar-refractivity contribution in [2.24, 2.45) is 0 Å². The van der Waals surface area contributed by atoms with E-state index in [1.165, 1.54) is 4.57 Å². The number of carboxylic acid groups (broad SMARTS) is 1. The summed E-state index contributed by atoms with van der Waals surface area (Å²) in [6.45, 7) is 0. The van der Waals surface area contributed by atoms with Gasteiger partial charge in [-0.15, -0.1) is 0 Å². The molecule has 0 saturated carbocycles. The third-order valence-corrected chi connectivity index (χ3v) is 3.12. The summed E-state index contributed by atoms with van der Waals surface area (Å²) < 4.78 is 1.19. The van der Waals surface area contributed by atoms with Crippen LogP contribution in [0.4, 0.5) is 4.79 Å². The number of pyridine rings is 1. The molecule has 0 fully saturated rings. The van der Waals surface area contributed by atoms with E-state index in [0.29, 0.717) is 16.4 Å². The standard InChI is InChI=1S/C14H9ClN2O2/c15-13-7-3-5-11(16-13)10-8-17(14(18)19)12-6-2-1-4-9(10)12/h1-8H,(H,18,19). The van der Waals surface area contributed by atoms with Crippen molar-refractivity contribution < 1.29 is 9.90 Å². The highest BCUT2D eigenvalue weighted by Crippen LogP contribution is 2.29. The normalized spacial score (nSPS) is 10.8. The van der Waals surface area contributed by atoms with Crippen molar-refractivity contribution in [3.63, 3.8) is 0 Å². The first-order valence-corrected chi connectivity index (χ1v) is 6.01. The average Bonchev–Trinajstić information content (AvgIpc) is 2.78. The van der Waals surface area contributed by atoms with E-state index in [4.69, 9.17) is 11.6 Å². The Bertz CT molecular complexity index is 780. The Balaban J connectivity index is 2.33. The molecule has 2 aromatic heterocycles. The monoisotopic (exact) mass is 272 g/mol. The fourth-order valence-electron chi connectivity index (χ4n) is 2.10. The third-order valence-electron chi connectivity index (χ3n) is 2.91. The molecule has 0 radical (unpaired) electrons. The molecule has 0 unspecified atom stereocenters. The molecule has 3 aromatic rings. The van der Waals surface area contributed by atoms with Crippen LogP contribution in [0.5, 0.6) is 0 Å². The zero-order valence-corrected chi connectivity index (χ0v) is 10.5. The molecule has 2 heterocycles. The number of benzene rings is 1. The van der Waals surface area contributed by atoms with E-state index in [0.717, 1.165) is 10.9 Å². The molecule has 0 bridgehead atoms. The van der Waals surface area contributed by atoms with Gasteiger partial charge in [-0.25, -0.2) is 9.78 Å². The lowest BCUT2D eigenvalue weighted by Gasteiger charge is -1.98. The molecule has 0 atom stereocenters. The Morgan fingerprint density at radius 3 is 2.68 bits per heavy atom. The van der Waals surface area contributed by atoms with E-state index in [2.05, 4.69) is 4.98 Å². The van der Waals surface area contributed by atoms with E-state index in [1.54, 1.807) is 36.5 Å². The predicted octanol–water partition coefficient (Wildman–Crippen LogP) is 3.88. The summed E-state index contributed by atoms with van der Waals surface area (Å²) in [4.78, 5) is 15.5. The Labute approximate surface area is 113 Å². The van der Waals surface area contributed by atoms with Gasteiger partial charge in [-0.05, 0) is 18.2 Å². The zero-order chi connectivity index (χ0) is 13.4. The SMILES string of the molecule is O=C(O)n1cc(-c2cccc(Cl)n2)c2ccccc21. The van der Waals surface area contributed by atoms with Gasteiger partial charge in [-0.3, -0.25) is 4.57 Å². The highest BCUT2D eigenvalue weighted by molar-refractivity contribution is 6.29. The van der Waals surface area contributed by atoms with Gasteiger partial charge in [-0.1, -0.05) is 35.9 Å². The van der Waals surface area contributed by atoms with Gasteiger partial charge in [0, 0.05) is 17.1 Å². The summed E-state index contributed by atoms with van der Waals surface area (Å²) in [6, 6.07) is 12.6. The second kappa shape index (κ2) is 4.40. The molecule has 0 aliphatic rings. The summed E-state index contributed by atoms with van der Waals surface area (Å²) in [5, 5.41) is 10.4. The van der Waals surface area contributed by atoms with Crippen molar-refractivity contribution in [2.45, 2.75) is 0 Å². The molecule has 0 spiro atoms. The van der Waals surface area contributed by atoms with E-state index in [9.17, 15) is 9.90 Å². The first kappa shape index (κ1) is 11.7. The third kappa shape index (κ3) is 1.96. The van der Waals surface area contributed by atoms with Crippen molar-refractivity contribution in [3.05, 3.63) is 53.8 Å². The van der Waals surface area contributed by atoms with Gasteiger partial charge in [0.1, 0.15) is 5.15 Å². The number of hydrogen-bond acceptors (Lipinski definition) is 2. The molecular formula is C14H9ClN2O2. The summed E-state index contributed by atoms with van der Waals surface area (Å²) in [5.41, 5.74) is 2.04. The minimum absolute atomic E-state index is 0.379. The Morgan fingerprint density at radius 1 is 1.16 bits per heavy atom. The maximum Gasteiger partial charge on any atom is 0.416 e. The zero-order valence-electron chi connectivity index (χ0n) is 9.75. The number of halogens is 1. The minimum Gasteiger partial charge on any atom is -0.464 e. The smallest absolute Gasteiger partial charge is 0.416 e. The van der Waals surface area contributed by atoms with Gasteiger partial charge in [0.25, 0.3) is 0 Å². The molecule has 1 aromatic carbocycles. The Kier molecular flexibility index (Phi) is 2.72. The van der Waals surface area contributed by atoms with Crippen LogP contribution in [0.25, 0.3) is 22.2 Å². The van der Waals surface area contributed by atoms with Crippen LogP contribution in [0.15, 0.2) is 48.7 Å². The highest BCUT2D eigenvalue weighted by Gasteiger charge is 2.14. The van der Waals surface area contributed by atoms with Crippen molar-refractivity contribution >= 4 is 28.6 Å². The molecule has 0 aliphatic carbocycles. The maximum atomic E-state index is 11.2. The number of fused-ring (bicyclic) bond motifs is 1. The van der Waals surface area contributed by atoms with Crippen LogP contribution >= 0.6 is 11.6 Å². The molecule has 0 aliphatic heterocycles. The summed E-state index contributed by atoms with van der Waals surface area (Å²) >= 11 is 5.88. The Morgan fingerprint density at radius 2 is 1.95 bits per heavy atom. The number of carbonyl (C=O) groups is 1. The van der Waals surface area contributed by atoms with Crippen molar-refractivity contribution in [1.82, 2.24) is 9.55 Å². The first-order valence-electron chi connectivity index (χ1n) is 5.63. The molecule has 3 rings (SSSR count). The molecule has 19 heavy (non-hydrogen) atoms. The molecule has 0 saturated heterocycles. The van der Waals surface area contributed by atoms with Crippen molar-refractivity contribution in [2.75, 3.05) is 0 Å². The number of nitrogens with zero attached hydrogens (tertiary/aromatic N) is 2. The van der Waals surface area contributed by atoms with E-state index in [1.807, 2.05) is 12.1 Å². The van der Waals surface area contributed by atoms with Crippen molar-refractivity contribution in [3.8, 4) is 11.3 Å². The van der Waals surface area contributed by atoms with Gasteiger partial charge in [-0.2, -0.15) is 0 Å². The second-order valence-corrected chi connectivity index (χ2v) is 4.45. The molecule has 4 nitrogen and oxygen atoms in total. The molecule has 1 N–H and O–H groups in total. The Hall–Kier alpha value is -2.33. The fraction of sp³-hybridized carbons (Fsp3) is 0. The second-order valence-electron chi connectivity index (χ2n) is 4.06. The maximum absolute atomic E-state index is 11.2. The lowest BCUT2D eigenvalue weighted by molar-refractivity contribution is 0.197. The van der Waals surface area contributed by atoms with Gasteiger partial charge < -0.3 is 5.11 Å². The average molecular weight is 273 g/mol. The van der Waals surface area contributed by atoms with Crippen LogP contribution in [-0.2, 0) is 0 Å². The predicted molar refractivity (Wildman–Crippen MR) is 73.6 cm³/mol. The quantitative estimate of drug-likeness (QED) is 0.684. The minimum atomic E-state index is -1.02. The lowest BCUT2D eigenvalue weighted by Crippen LogP contribution is -2.05. The van der Waals surface area contributed by atoms with Crippen LogP contribution in [-0.4, -0.2) is 20.8 Å². The van der Waals surface area contributed by atoms with Gasteiger partial charge in [0.05, 0.1) is 11.2 Å². The number of hydrogen-bond donors (Lipinski definition) is 1. The lowest BCUT2D eigenvalue weighted by atomic mass is 10.1. The molecular weight excluding hydrogens is 264 g/mol. The van der Waals surface area contributed by atoms with E-state index in [-0.39, 0.29) is 0 Å². The van der Waals surface area contributed by atoms with Gasteiger partial charge >= 0.3 is 6.09 Å². The number of para-hydroxylation sites is 1. The van der Waals surface area contributed by atoms with Gasteiger partial charge in [0.2, 0.25) is 0 Å². The summed E-state index contributed by atoms with van der Waals surface area (Å²) in [5.74, 6) is 0. The van der Waals surface area contributed by atoms with Crippen LogP contribution < -0.4 is 0 Å². The van der Waals surface area contributed by atoms with Crippen LogP contribution in [0.3, 0.4) is 0 Å². The molecule has 0 amide bonds. The molecule has 94 valence electrons. The summed E-state index contributed by atoms with van der Waals surface area (Å²) in [6.07, 6.45) is 0.538. The van der Waals surface area contributed by atoms with E-state index < -0.39 is 6.09 Å². The largest absolute Gasteiger partial charge is 0.464 e. The van der Waals surface area contributed by atoms with E-state index >= 15 is 0 Å².